The quantitative estimate of drug-likeness (QED) is 0.792. The highest BCUT2D eigenvalue weighted by Crippen LogP contribution is 2.37. The molecule has 4 nitrogen and oxygen atoms in total. The fourth-order valence-corrected chi connectivity index (χ4v) is 2.53. The van der Waals surface area contributed by atoms with Crippen molar-refractivity contribution in [2.75, 3.05) is 6.54 Å². The van der Waals surface area contributed by atoms with Crippen molar-refractivity contribution >= 4 is 17.6 Å². The van der Waals surface area contributed by atoms with Gasteiger partial charge in [0.25, 0.3) is 0 Å². The monoisotopic (exact) mass is 305 g/mol. The highest BCUT2D eigenvalue weighted by Gasteiger charge is 2.43. The topological polar surface area (TPSA) is 83.5 Å². The number of carboxylic acids is 1. The van der Waals surface area contributed by atoms with Crippen molar-refractivity contribution in [2.45, 2.75) is 11.5 Å². The Morgan fingerprint density at radius 2 is 1.71 bits per heavy atom. The summed E-state index contributed by atoms with van der Waals surface area (Å²) < 4.78 is 0. The molecule has 2 aromatic carbocycles. The van der Waals surface area contributed by atoms with E-state index in [1.165, 1.54) is 0 Å². The minimum absolute atomic E-state index is 0.222. The van der Waals surface area contributed by atoms with Crippen LogP contribution in [0.5, 0.6) is 0 Å². The number of hydrogen-bond acceptors (Lipinski definition) is 3. The lowest BCUT2D eigenvalue weighted by molar-refractivity contribution is -0.146. The lowest BCUT2D eigenvalue weighted by Gasteiger charge is -2.33. The largest absolute Gasteiger partial charge is 0.481 e. The van der Waals surface area contributed by atoms with E-state index in [0.717, 1.165) is 0 Å². The van der Waals surface area contributed by atoms with Crippen LogP contribution in [0.3, 0.4) is 0 Å². The van der Waals surface area contributed by atoms with Crippen LogP contribution in [0.25, 0.3) is 0 Å². The first-order chi connectivity index (χ1) is 9.99. The van der Waals surface area contributed by atoms with Crippen molar-refractivity contribution in [3.8, 4) is 0 Å². The third-order valence-electron chi connectivity index (χ3n) is 3.51. The summed E-state index contributed by atoms with van der Waals surface area (Å²) in [6.45, 7) is -0.222. The predicted octanol–water partition coefficient (Wildman–Crippen LogP) is 2.35. The summed E-state index contributed by atoms with van der Waals surface area (Å²) >= 11 is 5.83. The van der Waals surface area contributed by atoms with Crippen LogP contribution in [-0.2, 0) is 10.4 Å². The number of aliphatic hydroxyl groups is 1. The third kappa shape index (κ3) is 3.08. The lowest BCUT2D eigenvalue weighted by atomic mass is 9.77. The molecule has 2 unspecified atom stereocenters. The maximum Gasteiger partial charge on any atom is 0.314 e. The molecule has 2 atom stereocenters. The summed E-state index contributed by atoms with van der Waals surface area (Å²) in [6.07, 6.45) is 0. The van der Waals surface area contributed by atoms with Gasteiger partial charge >= 0.3 is 5.97 Å². The molecule has 4 N–H and O–H groups in total. The van der Waals surface area contributed by atoms with Crippen molar-refractivity contribution in [3.05, 3.63) is 70.7 Å². The van der Waals surface area contributed by atoms with E-state index in [-0.39, 0.29) is 6.54 Å². The van der Waals surface area contributed by atoms with E-state index in [2.05, 4.69) is 0 Å². The second-order valence-electron chi connectivity index (χ2n) is 4.82. The Morgan fingerprint density at radius 3 is 2.19 bits per heavy atom. The predicted molar refractivity (Wildman–Crippen MR) is 81.2 cm³/mol. The van der Waals surface area contributed by atoms with Crippen LogP contribution >= 0.6 is 11.6 Å². The zero-order valence-corrected chi connectivity index (χ0v) is 12.0. The minimum atomic E-state index is -1.71. The first kappa shape index (κ1) is 15.5. The molecular formula is C16H16ClNO3. The average Bonchev–Trinajstić information content (AvgIpc) is 2.48. The van der Waals surface area contributed by atoms with Gasteiger partial charge in [-0.15, -0.1) is 0 Å². The van der Waals surface area contributed by atoms with Crippen LogP contribution in [0, 0.1) is 0 Å². The van der Waals surface area contributed by atoms with E-state index in [1.54, 1.807) is 54.6 Å². The Labute approximate surface area is 127 Å². The molecule has 0 saturated heterocycles. The van der Waals surface area contributed by atoms with Gasteiger partial charge in [0.05, 0.1) is 0 Å². The zero-order chi connectivity index (χ0) is 15.5. The van der Waals surface area contributed by atoms with Crippen LogP contribution in [0.15, 0.2) is 54.6 Å². The molecule has 0 fully saturated rings. The number of carbonyl (C=O) groups is 1. The molecule has 5 heteroatoms. The molecule has 0 amide bonds. The Morgan fingerprint density at radius 1 is 1.14 bits per heavy atom. The van der Waals surface area contributed by atoms with E-state index in [0.29, 0.717) is 16.1 Å². The number of halogens is 1. The molecule has 0 bridgehead atoms. The van der Waals surface area contributed by atoms with Crippen molar-refractivity contribution in [2.24, 2.45) is 5.73 Å². The van der Waals surface area contributed by atoms with Crippen LogP contribution in [0.4, 0.5) is 0 Å². The molecule has 0 saturated carbocycles. The normalized spacial score (nSPS) is 15.2. The molecule has 0 aliphatic rings. The first-order valence-corrected chi connectivity index (χ1v) is 6.83. The fourth-order valence-electron chi connectivity index (χ4n) is 2.41. The van der Waals surface area contributed by atoms with Crippen molar-refractivity contribution in [1.29, 1.82) is 0 Å². The maximum absolute atomic E-state index is 11.7. The Kier molecular flexibility index (Phi) is 4.63. The van der Waals surface area contributed by atoms with E-state index in [4.69, 9.17) is 17.3 Å². The van der Waals surface area contributed by atoms with Gasteiger partial charge in [-0.2, -0.15) is 0 Å². The maximum atomic E-state index is 11.7. The summed E-state index contributed by atoms with van der Waals surface area (Å²) in [4.78, 5) is 11.7. The number of nitrogens with two attached hydrogens (primary N) is 1. The SMILES string of the molecule is NCC(O)(c1ccc(Cl)cc1)C(C(=O)O)c1ccccc1. The molecule has 0 spiro atoms. The minimum Gasteiger partial charge on any atom is -0.481 e. The van der Waals surface area contributed by atoms with Crippen molar-refractivity contribution < 1.29 is 15.0 Å². The zero-order valence-electron chi connectivity index (χ0n) is 11.2. The van der Waals surface area contributed by atoms with E-state index in [1.807, 2.05) is 0 Å². The van der Waals surface area contributed by atoms with Gasteiger partial charge in [-0.3, -0.25) is 4.79 Å². The Hall–Kier alpha value is -1.88. The van der Waals surface area contributed by atoms with Crippen LogP contribution in [0.1, 0.15) is 17.0 Å². The number of carboxylic acid groups (broad SMARTS) is 1. The Balaban J connectivity index is 2.54. The third-order valence-corrected chi connectivity index (χ3v) is 3.76. The summed E-state index contributed by atoms with van der Waals surface area (Å²) in [5.74, 6) is -2.30. The van der Waals surface area contributed by atoms with Crippen LogP contribution < -0.4 is 5.73 Å². The molecule has 0 radical (unpaired) electrons. The fraction of sp³-hybridized carbons (Fsp3) is 0.188. The molecular weight excluding hydrogens is 290 g/mol. The van der Waals surface area contributed by atoms with Gasteiger partial charge in [0.1, 0.15) is 11.5 Å². The van der Waals surface area contributed by atoms with Gasteiger partial charge in [0, 0.05) is 11.6 Å². The molecule has 2 rings (SSSR count). The first-order valence-electron chi connectivity index (χ1n) is 6.45. The molecule has 0 aromatic heterocycles. The Bertz CT molecular complexity index is 615. The smallest absolute Gasteiger partial charge is 0.314 e. The van der Waals surface area contributed by atoms with Gasteiger partial charge in [-0.05, 0) is 23.3 Å². The summed E-state index contributed by atoms with van der Waals surface area (Å²) in [5, 5.41) is 21.0. The average molecular weight is 306 g/mol. The molecule has 21 heavy (non-hydrogen) atoms. The number of rotatable bonds is 5. The number of aliphatic carboxylic acids is 1. The molecule has 0 aliphatic heterocycles. The van der Waals surface area contributed by atoms with E-state index >= 15 is 0 Å². The van der Waals surface area contributed by atoms with Crippen molar-refractivity contribution in [1.82, 2.24) is 0 Å². The standard InChI is InChI=1S/C16H16ClNO3/c17-13-8-6-12(7-9-13)16(21,10-18)14(15(19)20)11-4-2-1-3-5-11/h1-9,14,21H,10,18H2,(H,19,20). The van der Waals surface area contributed by atoms with Gasteiger partial charge in [-0.1, -0.05) is 54.1 Å². The van der Waals surface area contributed by atoms with Crippen LogP contribution in [0.2, 0.25) is 5.02 Å². The van der Waals surface area contributed by atoms with E-state index < -0.39 is 17.5 Å². The van der Waals surface area contributed by atoms with Gasteiger partial charge in [0.2, 0.25) is 0 Å². The van der Waals surface area contributed by atoms with Gasteiger partial charge < -0.3 is 15.9 Å². The molecule has 0 heterocycles. The summed E-state index contributed by atoms with van der Waals surface area (Å²) in [7, 11) is 0. The van der Waals surface area contributed by atoms with Crippen LogP contribution in [-0.4, -0.2) is 22.7 Å². The van der Waals surface area contributed by atoms with Gasteiger partial charge in [0.15, 0.2) is 0 Å². The second kappa shape index (κ2) is 6.26. The summed E-state index contributed by atoms with van der Waals surface area (Å²) in [6, 6.07) is 14.9. The number of hydrogen-bond donors (Lipinski definition) is 3. The number of benzene rings is 2. The van der Waals surface area contributed by atoms with Gasteiger partial charge in [-0.25, -0.2) is 0 Å². The second-order valence-corrected chi connectivity index (χ2v) is 5.25. The van der Waals surface area contributed by atoms with E-state index in [9.17, 15) is 15.0 Å². The molecule has 2 aromatic rings. The highest BCUT2D eigenvalue weighted by atomic mass is 35.5. The lowest BCUT2D eigenvalue weighted by Crippen LogP contribution is -2.44. The molecule has 0 aliphatic carbocycles. The summed E-state index contributed by atoms with van der Waals surface area (Å²) in [5.41, 5.74) is 4.91. The highest BCUT2D eigenvalue weighted by molar-refractivity contribution is 6.30. The molecule has 110 valence electrons. The van der Waals surface area contributed by atoms with Crippen molar-refractivity contribution in [3.63, 3.8) is 0 Å².